The van der Waals surface area contributed by atoms with Crippen LogP contribution in [0.2, 0.25) is 0 Å². The Morgan fingerprint density at radius 2 is 2.35 bits per heavy atom. The third-order valence-electron chi connectivity index (χ3n) is 2.91. The fourth-order valence-corrected chi connectivity index (χ4v) is 2.42. The van der Waals surface area contributed by atoms with Crippen LogP contribution in [0, 0.1) is 10.1 Å². The van der Waals surface area contributed by atoms with E-state index in [0.29, 0.717) is 5.69 Å². The van der Waals surface area contributed by atoms with Crippen LogP contribution in [0.25, 0.3) is 0 Å². The molecule has 2 rings (SSSR count). The number of nitro groups is 1. The van der Waals surface area contributed by atoms with Gasteiger partial charge < -0.3 is 10.2 Å². The van der Waals surface area contributed by atoms with E-state index < -0.39 is 0 Å². The van der Waals surface area contributed by atoms with Gasteiger partial charge in [-0.3, -0.25) is 10.1 Å². The van der Waals surface area contributed by atoms with Crippen LogP contribution >= 0.6 is 15.9 Å². The zero-order valence-electron chi connectivity index (χ0n) is 9.52. The highest BCUT2D eigenvalue weighted by atomic mass is 79.9. The van der Waals surface area contributed by atoms with E-state index in [0.717, 1.165) is 24.0 Å². The molecule has 0 amide bonds. The van der Waals surface area contributed by atoms with Gasteiger partial charge in [0.25, 0.3) is 5.69 Å². The molecule has 0 bridgehead atoms. The fourth-order valence-electron chi connectivity index (χ4n) is 2.06. The van der Waals surface area contributed by atoms with Gasteiger partial charge in [-0.25, -0.2) is 0 Å². The van der Waals surface area contributed by atoms with Gasteiger partial charge in [0.05, 0.1) is 4.92 Å². The van der Waals surface area contributed by atoms with Crippen LogP contribution in [0.5, 0.6) is 0 Å². The molecule has 1 heterocycles. The van der Waals surface area contributed by atoms with Crippen LogP contribution in [0.4, 0.5) is 11.4 Å². The Balaban J connectivity index is 2.19. The number of likely N-dealkylation sites (N-methyl/N-ethyl adjacent to an activating group) is 1. The van der Waals surface area contributed by atoms with Crippen molar-refractivity contribution in [1.29, 1.82) is 0 Å². The van der Waals surface area contributed by atoms with E-state index in [2.05, 4.69) is 33.2 Å². The monoisotopic (exact) mass is 299 g/mol. The van der Waals surface area contributed by atoms with Gasteiger partial charge in [-0.05, 0) is 32.1 Å². The molecule has 1 fully saturated rings. The predicted molar refractivity (Wildman–Crippen MR) is 70.3 cm³/mol. The largest absolute Gasteiger partial charge is 0.375 e. The SMILES string of the molecule is CN1CCC(Nc2cc(Br)ccc2[N+](=O)[O-])C1. The Kier molecular flexibility index (Phi) is 3.63. The Hall–Kier alpha value is -1.14. The molecule has 1 aliphatic rings. The Morgan fingerprint density at radius 3 is 2.94 bits per heavy atom. The maximum absolute atomic E-state index is 10.9. The lowest BCUT2D eigenvalue weighted by Crippen LogP contribution is -2.23. The molecule has 0 aliphatic carbocycles. The minimum atomic E-state index is -0.354. The van der Waals surface area contributed by atoms with Crippen molar-refractivity contribution in [3.05, 3.63) is 32.8 Å². The van der Waals surface area contributed by atoms with Crippen molar-refractivity contribution in [2.75, 3.05) is 25.5 Å². The maximum Gasteiger partial charge on any atom is 0.292 e. The summed E-state index contributed by atoms with van der Waals surface area (Å²) in [6.45, 7) is 1.95. The quantitative estimate of drug-likeness (QED) is 0.688. The van der Waals surface area contributed by atoms with Gasteiger partial charge in [-0.15, -0.1) is 0 Å². The number of benzene rings is 1. The van der Waals surface area contributed by atoms with Crippen molar-refractivity contribution in [2.24, 2.45) is 0 Å². The first-order valence-corrected chi connectivity index (χ1v) is 6.24. The zero-order valence-corrected chi connectivity index (χ0v) is 11.1. The highest BCUT2D eigenvalue weighted by Gasteiger charge is 2.22. The molecule has 1 saturated heterocycles. The summed E-state index contributed by atoms with van der Waals surface area (Å²) in [4.78, 5) is 12.8. The summed E-state index contributed by atoms with van der Waals surface area (Å²) in [5.41, 5.74) is 0.715. The van der Waals surface area contributed by atoms with Gasteiger partial charge in [0.15, 0.2) is 0 Å². The Labute approximate surface area is 108 Å². The number of nitro benzene ring substituents is 1. The predicted octanol–water partition coefficient (Wildman–Crippen LogP) is 2.47. The molecule has 92 valence electrons. The lowest BCUT2D eigenvalue weighted by molar-refractivity contribution is -0.384. The van der Waals surface area contributed by atoms with Gasteiger partial charge in [0.1, 0.15) is 5.69 Å². The van der Waals surface area contributed by atoms with Gasteiger partial charge in [0.2, 0.25) is 0 Å². The normalized spacial score (nSPS) is 20.5. The molecule has 1 N–H and O–H groups in total. The van der Waals surface area contributed by atoms with Gasteiger partial charge in [0, 0.05) is 23.1 Å². The van der Waals surface area contributed by atoms with Crippen molar-refractivity contribution in [1.82, 2.24) is 4.90 Å². The average molecular weight is 300 g/mol. The second-order valence-corrected chi connectivity index (χ2v) is 5.23. The molecule has 0 saturated carbocycles. The van der Waals surface area contributed by atoms with E-state index in [1.54, 1.807) is 12.1 Å². The summed E-state index contributed by atoms with van der Waals surface area (Å²) in [7, 11) is 2.05. The Morgan fingerprint density at radius 1 is 1.59 bits per heavy atom. The number of nitrogens with zero attached hydrogens (tertiary/aromatic N) is 2. The van der Waals surface area contributed by atoms with Crippen molar-refractivity contribution >= 4 is 27.3 Å². The van der Waals surface area contributed by atoms with Gasteiger partial charge in [-0.2, -0.15) is 0 Å². The number of rotatable bonds is 3. The van der Waals surface area contributed by atoms with E-state index in [-0.39, 0.29) is 16.7 Å². The number of hydrogen-bond acceptors (Lipinski definition) is 4. The molecule has 1 aliphatic heterocycles. The van der Waals surface area contributed by atoms with Gasteiger partial charge in [-0.1, -0.05) is 15.9 Å². The molecule has 1 aromatic carbocycles. The topological polar surface area (TPSA) is 58.4 Å². The zero-order chi connectivity index (χ0) is 12.4. The third kappa shape index (κ3) is 2.95. The highest BCUT2D eigenvalue weighted by molar-refractivity contribution is 9.10. The van der Waals surface area contributed by atoms with Crippen LogP contribution in [-0.2, 0) is 0 Å². The lowest BCUT2D eigenvalue weighted by Gasteiger charge is -2.14. The first kappa shape index (κ1) is 12.3. The van der Waals surface area contributed by atoms with E-state index in [4.69, 9.17) is 0 Å². The average Bonchev–Trinajstić information content (AvgIpc) is 2.63. The lowest BCUT2D eigenvalue weighted by atomic mass is 10.2. The molecule has 1 atom stereocenters. The van der Waals surface area contributed by atoms with Crippen LogP contribution in [0.15, 0.2) is 22.7 Å². The summed E-state index contributed by atoms with van der Waals surface area (Å²) in [6, 6.07) is 5.25. The van der Waals surface area contributed by atoms with E-state index >= 15 is 0 Å². The molecule has 6 heteroatoms. The summed E-state index contributed by atoms with van der Waals surface area (Å²) in [5.74, 6) is 0. The van der Waals surface area contributed by atoms with Crippen LogP contribution in [0.1, 0.15) is 6.42 Å². The molecular weight excluding hydrogens is 286 g/mol. The van der Waals surface area contributed by atoms with Crippen LogP contribution < -0.4 is 5.32 Å². The fraction of sp³-hybridized carbons (Fsp3) is 0.455. The van der Waals surface area contributed by atoms with E-state index in [9.17, 15) is 10.1 Å². The second kappa shape index (κ2) is 5.01. The van der Waals surface area contributed by atoms with Crippen LogP contribution in [-0.4, -0.2) is 36.0 Å². The van der Waals surface area contributed by atoms with Crippen molar-refractivity contribution in [2.45, 2.75) is 12.5 Å². The molecule has 0 spiro atoms. The first-order valence-electron chi connectivity index (χ1n) is 5.45. The smallest absolute Gasteiger partial charge is 0.292 e. The summed E-state index contributed by atoms with van der Waals surface area (Å²) in [5, 5.41) is 14.2. The molecule has 1 aromatic rings. The molecule has 1 unspecified atom stereocenters. The van der Waals surface area contributed by atoms with Crippen molar-refractivity contribution in [3.8, 4) is 0 Å². The number of likely N-dealkylation sites (tertiary alicyclic amines) is 1. The minimum absolute atomic E-state index is 0.128. The highest BCUT2D eigenvalue weighted by Crippen LogP contribution is 2.29. The summed E-state index contributed by atoms with van der Waals surface area (Å²) in [6.07, 6.45) is 1.01. The number of halogens is 1. The summed E-state index contributed by atoms with van der Waals surface area (Å²) < 4.78 is 0.844. The van der Waals surface area contributed by atoms with Gasteiger partial charge >= 0.3 is 0 Å². The van der Waals surface area contributed by atoms with E-state index in [1.807, 2.05) is 0 Å². The number of hydrogen-bond donors (Lipinski definition) is 1. The minimum Gasteiger partial charge on any atom is -0.375 e. The van der Waals surface area contributed by atoms with Crippen LogP contribution in [0.3, 0.4) is 0 Å². The van der Waals surface area contributed by atoms with E-state index in [1.165, 1.54) is 6.07 Å². The Bertz CT molecular complexity index is 439. The standard InChI is InChI=1S/C11H14BrN3O2/c1-14-5-4-9(7-14)13-10-6-8(12)2-3-11(10)15(16)17/h2-3,6,9,13H,4-5,7H2,1H3. The number of anilines is 1. The maximum atomic E-state index is 10.9. The van der Waals surface area contributed by atoms with Crippen molar-refractivity contribution in [3.63, 3.8) is 0 Å². The third-order valence-corrected chi connectivity index (χ3v) is 3.40. The molecule has 0 radical (unpaired) electrons. The second-order valence-electron chi connectivity index (χ2n) is 4.31. The molecular formula is C11H14BrN3O2. The van der Waals surface area contributed by atoms with Crippen molar-refractivity contribution < 1.29 is 4.92 Å². The molecule has 17 heavy (non-hydrogen) atoms. The molecule has 5 nitrogen and oxygen atoms in total. The summed E-state index contributed by atoms with van der Waals surface area (Å²) >= 11 is 3.33. The first-order chi connectivity index (χ1) is 8.06. The number of nitrogens with one attached hydrogen (secondary N) is 1. The molecule has 0 aromatic heterocycles.